The first-order valence-corrected chi connectivity index (χ1v) is 9.54. The molecule has 0 aromatic rings. The fraction of sp³-hybridized carbons (Fsp3) is 1.00. The zero-order valence-electron chi connectivity index (χ0n) is 16.3. The maximum atomic E-state index is 9.44. The van der Waals surface area contributed by atoms with Crippen molar-refractivity contribution in [2.75, 3.05) is 27.9 Å². The Morgan fingerprint density at radius 2 is 1.21 bits per heavy atom. The van der Waals surface area contributed by atoms with E-state index in [-0.39, 0.29) is 12.5 Å². The predicted octanol–water partition coefficient (Wildman–Crippen LogP) is 3.86. The van der Waals surface area contributed by atoms with E-state index >= 15 is 0 Å². The van der Waals surface area contributed by atoms with Gasteiger partial charge in [-0.1, -0.05) is 58.3 Å². The highest BCUT2D eigenvalue weighted by Gasteiger charge is 2.39. The molecule has 0 aliphatic heterocycles. The second-order valence-electron chi connectivity index (χ2n) is 6.59. The Hall–Kier alpha value is -0.200. The number of hydrogen-bond acceptors (Lipinski definition) is 5. The lowest BCUT2D eigenvalue weighted by Gasteiger charge is -2.36. The molecule has 0 bridgehead atoms. The van der Waals surface area contributed by atoms with Crippen molar-refractivity contribution >= 4 is 0 Å². The fourth-order valence-corrected chi connectivity index (χ4v) is 3.28. The van der Waals surface area contributed by atoms with Gasteiger partial charge in [0.25, 0.3) is 5.97 Å². The van der Waals surface area contributed by atoms with Crippen LogP contribution in [0.5, 0.6) is 0 Å². The molecule has 0 radical (unpaired) electrons. The zero-order chi connectivity index (χ0) is 18.3. The normalized spacial score (nSPS) is 14.8. The van der Waals surface area contributed by atoms with Crippen LogP contribution in [-0.4, -0.2) is 50.2 Å². The molecule has 5 nitrogen and oxygen atoms in total. The number of aliphatic hydroxyl groups is 2. The van der Waals surface area contributed by atoms with Gasteiger partial charge >= 0.3 is 0 Å². The molecule has 5 heteroatoms. The summed E-state index contributed by atoms with van der Waals surface area (Å²) in [7, 11) is 4.87. The summed E-state index contributed by atoms with van der Waals surface area (Å²) in [6.07, 6.45) is 11.3. The minimum absolute atomic E-state index is 0.162. The smallest absolute Gasteiger partial charge is 0.285 e. The van der Waals surface area contributed by atoms with Crippen LogP contribution >= 0.6 is 0 Å². The standard InChI is InChI=1S/C19H40O5/c1-5-6-7-8-9-10-13-17(19(22-2,23-3)24-4)14-11-12-15-18(21)16-20/h17-18,20-21H,5-16H2,1-4H3. The van der Waals surface area contributed by atoms with Crippen LogP contribution in [0.15, 0.2) is 0 Å². The third-order valence-corrected chi connectivity index (χ3v) is 4.81. The monoisotopic (exact) mass is 348 g/mol. The quantitative estimate of drug-likeness (QED) is 0.309. The van der Waals surface area contributed by atoms with Crippen molar-refractivity contribution < 1.29 is 24.4 Å². The summed E-state index contributed by atoms with van der Waals surface area (Å²) in [4.78, 5) is 0. The molecule has 0 spiro atoms. The highest BCUT2D eigenvalue weighted by atomic mass is 16.9. The van der Waals surface area contributed by atoms with E-state index in [1.165, 1.54) is 32.1 Å². The highest BCUT2D eigenvalue weighted by Crippen LogP contribution is 2.33. The summed E-state index contributed by atoms with van der Waals surface area (Å²) < 4.78 is 16.7. The van der Waals surface area contributed by atoms with Crippen molar-refractivity contribution in [2.45, 2.75) is 89.6 Å². The van der Waals surface area contributed by atoms with Crippen molar-refractivity contribution in [1.82, 2.24) is 0 Å². The van der Waals surface area contributed by atoms with Crippen molar-refractivity contribution in [3.05, 3.63) is 0 Å². The molecule has 2 atom stereocenters. The van der Waals surface area contributed by atoms with Crippen molar-refractivity contribution in [1.29, 1.82) is 0 Å². The molecule has 0 amide bonds. The van der Waals surface area contributed by atoms with Gasteiger partial charge in [0.2, 0.25) is 0 Å². The molecule has 0 saturated carbocycles. The largest absolute Gasteiger partial charge is 0.394 e. The predicted molar refractivity (Wildman–Crippen MR) is 96.8 cm³/mol. The lowest BCUT2D eigenvalue weighted by atomic mass is 9.91. The molecule has 2 unspecified atom stereocenters. The van der Waals surface area contributed by atoms with Crippen molar-refractivity contribution in [2.24, 2.45) is 5.92 Å². The number of rotatable bonds is 17. The molecule has 0 aromatic carbocycles. The maximum Gasteiger partial charge on any atom is 0.285 e. The number of aliphatic hydroxyl groups excluding tert-OH is 2. The highest BCUT2D eigenvalue weighted by molar-refractivity contribution is 4.72. The summed E-state index contributed by atoms with van der Waals surface area (Å²) in [5.41, 5.74) is 0. The van der Waals surface area contributed by atoms with E-state index in [2.05, 4.69) is 6.92 Å². The molecular formula is C19H40O5. The molecule has 0 aliphatic rings. The molecular weight excluding hydrogens is 308 g/mol. The Labute approximate surface area is 148 Å². The molecule has 0 saturated heterocycles. The SMILES string of the molecule is CCCCCCCCC(CCCCC(O)CO)C(OC)(OC)OC. The molecule has 146 valence electrons. The third-order valence-electron chi connectivity index (χ3n) is 4.81. The maximum absolute atomic E-state index is 9.44. The first-order valence-electron chi connectivity index (χ1n) is 9.54. The third kappa shape index (κ3) is 9.33. The van der Waals surface area contributed by atoms with Gasteiger partial charge in [-0.3, -0.25) is 0 Å². The summed E-state index contributed by atoms with van der Waals surface area (Å²) >= 11 is 0. The van der Waals surface area contributed by atoms with Gasteiger partial charge in [0.15, 0.2) is 0 Å². The van der Waals surface area contributed by atoms with E-state index in [0.29, 0.717) is 6.42 Å². The van der Waals surface area contributed by atoms with E-state index in [1.54, 1.807) is 21.3 Å². The average molecular weight is 349 g/mol. The van der Waals surface area contributed by atoms with Crippen molar-refractivity contribution in [3.63, 3.8) is 0 Å². The Balaban J connectivity index is 4.38. The number of hydrogen-bond donors (Lipinski definition) is 2. The zero-order valence-corrected chi connectivity index (χ0v) is 16.3. The van der Waals surface area contributed by atoms with E-state index in [0.717, 1.165) is 32.1 Å². The number of ether oxygens (including phenoxy) is 3. The molecule has 0 rings (SSSR count). The van der Waals surface area contributed by atoms with Crippen LogP contribution in [0.3, 0.4) is 0 Å². The lowest BCUT2D eigenvalue weighted by Crippen LogP contribution is -2.44. The van der Waals surface area contributed by atoms with E-state index in [9.17, 15) is 5.11 Å². The lowest BCUT2D eigenvalue weighted by molar-refractivity contribution is -0.380. The summed E-state index contributed by atoms with van der Waals surface area (Å²) in [6, 6.07) is 0. The van der Waals surface area contributed by atoms with E-state index in [1.807, 2.05) is 0 Å². The summed E-state index contributed by atoms with van der Waals surface area (Å²) in [6.45, 7) is 2.06. The van der Waals surface area contributed by atoms with Crippen LogP contribution < -0.4 is 0 Å². The van der Waals surface area contributed by atoms with Gasteiger partial charge in [-0.25, -0.2) is 0 Å². The second-order valence-corrected chi connectivity index (χ2v) is 6.59. The van der Waals surface area contributed by atoms with Gasteiger partial charge in [-0.05, 0) is 19.3 Å². The van der Waals surface area contributed by atoms with Gasteiger partial charge in [0, 0.05) is 27.2 Å². The van der Waals surface area contributed by atoms with Crippen LogP contribution in [0.25, 0.3) is 0 Å². The Morgan fingerprint density at radius 3 is 1.71 bits per heavy atom. The minimum Gasteiger partial charge on any atom is -0.394 e. The Bertz CT molecular complexity index is 260. The van der Waals surface area contributed by atoms with Crippen LogP contribution in [0.4, 0.5) is 0 Å². The van der Waals surface area contributed by atoms with E-state index < -0.39 is 12.1 Å². The van der Waals surface area contributed by atoms with Crippen molar-refractivity contribution in [3.8, 4) is 0 Å². The van der Waals surface area contributed by atoms with Gasteiger partial charge in [-0.2, -0.15) is 0 Å². The summed E-state index contributed by atoms with van der Waals surface area (Å²) in [5, 5.41) is 18.3. The van der Waals surface area contributed by atoms with Gasteiger partial charge < -0.3 is 24.4 Å². The molecule has 24 heavy (non-hydrogen) atoms. The second kappa shape index (κ2) is 15.1. The molecule has 2 N–H and O–H groups in total. The van der Waals surface area contributed by atoms with Crippen LogP contribution in [-0.2, 0) is 14.2 Å². The van der Waals surface area contributed by atoms with Crippen LogP contribution in [0.2, 0.25) is 0 Å². The number of unbranched alkanes of at least 4 members (excludes halogenated alkanes) is 6. The van der Waals surface area contributed by atoms with Gasteiger partial charge in [-0.15, -0.1) is 0 Å². The average Bonchev–Trinajstić information content (AvgIpc) is 2.62. The minimum atomic E-state index is -0.987. The molecule has 0 aromatic heterocycles. The Kier molecular flexibility index (Phi) is 15.0. The number of methoxy groups -OCH3 is 3. The van der Waals surface area contributed by atoms with E-state index in [4.69, 9.17) is 19.3 Å². The molecule has 0 aliphatic carbocycles. The first kappa shape index (κ1) is 23.8. The molecule has 0 heterocycles. The first-order chi connectivity index (χ1) is 11.6. The van der Waals surface area contributed by atoms with Crippen LogP contribution in [0.1, 0.15) is 77.6 Å². The molecule has 0 fully saturated rings. The van der Waals surface area contributed by atoms with Crippen LogP contribution in [0, 0.1) is 5.92 Å². The fourth-order valence-electron chi connectivity index (χ4n) is 3.28. The van der Waals surface area contributed by atoms with Gasteiger partial charge in [0.05, 0.1) is 12.7 Å². The summed E-state index contributed by atoms with van der Waals surface area (Å²) in [5.74, 6) is -0.825. The Morgan fingerprint density at radius 1 is 0.750 bits per heavy atom. The topological polar surface area (TPSA) is 68.2 Å². The van der Waals surface area contributed by atoms with Gasteiger partial charge in [0.1, 0.15) is 0 Å².